The molecule has 2 heterocycles. The van der Waals surface area contributed by atoms with Gasteiger partial charge in [0, 0.05) is 51.0 Å². The van der Waals surface area contributed by atoms with Gasteiger partial charge in [-0.05, 0) is 44.6 Å². The van der Waals surface area contributed by atoms with E-state index in [9.17, 15) is 9.59 Å². The highest BCUT2D eigenvalue weighted by Crippen LogP contribution is 2.45. The van der Waals surface area contributed by atoms with Crippen molar-refractivity contribution >= 4 is 12.0 Å². The maximum absolute atomic E-state index is 13.0. The first-order chi connectivity index (χ1) is 14.5. The van der Waals surface area contributed by atoms with Crippen LogP contribution in [0.1, 0.15) is 57.8 Å². The van der Waals surface area contributed by atoms with Gasteiger partial charge in [0.2, 0.25) is 5.91 Å². The summed E-state index contributed by atoms with van der Waals surface area (Å²) in [5, 5.41) is 0. The number of ether oxygens (including phenoxy) is 1. The zero-order chi connectivity index (χ0) is 20.7. The first-order valence-corrected chi connectivity index (χ1v) is 12.2. The van der Waals surface area contributed by atoms with Crippen LogP contribution in [0, 0.1) is 17.8 Å². The molecule has 6 nitrogen and oxygen atoms in total. The van der Waals surface area contributed by atoms with Crippen molar-refractivity contribution in [2.24, 2.45) is 17.8 Å². The third-order valence-electron chi connectivity index (χ3n) is 8.54. The van der Waals surface area contributed by atoms with Gasteiger partial charge in [-0.1, -0.05) is 31.4 Å². The Hall–Kier alpha value is -1.56. The number of piperidine rings is 1. The van der Waals surface area contributed by atoms with Gasteiger partial charge < -0.3 is 19.4 Å². The average molecular weight is 416 g/mol. The molecule has 0 N–H and O–H groups in total. The Kier molecular flexibility index (Phi) is 5.55. The summed E-state index contributed by atoms with van der Waals surface area (Å²) in [7, 11) is 2.20. The topological polar surface area (TPSA) is 53.1 Å². The third kappa shape index (κ3) is 3.88. The second-order valence-corrected chi connectivity index (χ2v) is 10.5. The zero-order valence-corrected chi connectivity index (χ0v) is 18.4. The van der Waals surface area contributed by atoms with Gasteiger partial charge >= 0.3 is 6.09 Å². The van der Waals surface area contributed by atoms with Crippen molar-refractivity contribution in [2.45, 2.75) is 69.4 Å². The van der Waals surface area contributed by atoms with Crippen molar-refractivity contribution in [2.75, 3.05) is 39.8 Å². The van der Waals surface area contributed by atoms with Crippen molar-refractivity contribution in [3.8, 4) is 0 Å². The van der Waals surface area contributed by atoms with Crippen LogP contribution in [0.5, 0.6) is 0 Å². The SMILES string of the molecule is CN(CCN1CC2(CCN(C(=O)C3CC4C=CC3C4)CC2)OC1=O)C1CCCCC1. The smallest absolute Gasteiger partial charge is 0.410 e. The Morgan fingerprint density at radius 3 is 2.60 bits per heavy atom. The van der Waals surface area contributed by atoms with Crippen LogP contribution >= 0.6 is 0 Å². The summed E-state index contributed by atoms with van der Waals surface area (Å²) in [6.45, 7) is 3.79. The van der Waals surface area contributed by atoms with E-state index in [1.54, 1.807) is 0 Å². The molecule has 2 aliphatic heterocycles. The number of allylic oxidation sites excluding steroid dienone is 2. The van der Waals surface area contributed by atoms with Crippen molar-refractivity contribution in [3.63, 3.8) is 0 Å². The summed E-state index contributed by atoms with van der Waals surface area (Å²) in [6.07, 6.45) is 14.7. The molecule has 2 amide bonds. The number of amides is 2. The number of carbonyl (C=O) groups is 2. The Bertz CT molecular complexity index is 694. The first-order valence-electron chi connectivity index (χ1n) is 12.2. The minimum absolute atomic E-state index is 0.162. The van der Waals surface area contributed by atoms with Crippen LogP contribution in [0.3, 0.4) is 0 Å². The number of likely N-dealkylation sites (tertiary alicyclic amines) is 1. The molecule has 1 spiro atoms. The second kappa shape index (κ2) is 8.18. The summed E-state index contributed by atoms with van der Waals surface area (Å²) in [4.78, 5) is 31.9. The normalized spacial score (nSPS) is 33.1. The molecule has 0 aromatic heterocycles. The summed E-state index contributed by atoms with van der Waals surface area (Å²) >= 11 is 0. The minimum atomic E-state index is -0.383. The third-order valence-corrected chi connectivity index (χ3v) is 8.54. The van der Waals surface area contributed by atoms with Gasteiger partial charge in [-0.2, -0.15) is 0 Å². The number of fused-ring (bicyclic) bond motifs is 2. The van der Waals surface area contributed by atoms with Crippen LogP contribution < -0.4 is 0 Å². The monoisotopic (exact) mass is 415 g/mol. The van der Waals surface area contributed by atoms with Crippen LogP contribution in [-0.4, -0.2) is 78.1 Å². The van der Waals surface area contributed by atoms with Crippen molar-refractivity contribution in [3.05, 3.63) is 12.2 Å². The zero-order valence-electron chi connectivity index (χ0n) is 18.4. The molecule has 5 rings (SSSR count). The Morgan fingerprint density at radius 2 is 1.93 bits per heavy atom. The lowest BCUT2D eigenvalue weighted by Gasteiger charge is -2.39. The molecule has 2 bridgehead atoms. The number of likely N-dealkylation sites (N-methyl/N-ethyl adjacent to an activating group) is 1. The molecule has 2 saturated carbocycles. The molecule has 4 fully saturated rings. The van der Waals surface area contributed by atoms with Crippen LogP contribution in [0.15, 0.2) is 12.2 Å². The summed E-state index contributed by atoms with van der Waals surface area (Å²) < 4.78 is 5.90. The van der Waals surface area contributed by atoms with Crippen LogP contribution in [0.4, 0.5) is 4.79 Å². The highest BCUT2D eigenvalue weighted by atomic mass is 16.6. The van der Waals surface area contributed by atoms with E-state index in [2.05, 4.69) is 24.1 Å². The molecule has 5 aliphatic rings. The molecule has 6 heteroatoms. The van der Waals surface area contributed by atoms with Crippen LogP contribution in [0.25, 0.3) is 0 Å². The lowest BCUT2D eigenvalue weighted by Crippen LogP contribution is -2.50. The van der Waals surface area contributed by atoms with Gasteiger partial charge in [0.1, 0.15) is 5.60 Å². The summed E-state index contributed by atoms with van der Waals surface area (Å²) in [5.74, 6) is 1.60. The molecule has 3 aliphatic carbocycles. The van der Waals surface area contributed by atoms with Gasteiger partial charge in [0.05, 0.1) is 6.54 Å². The van der Waals surface area contributed by atoms with Gasteiger partial charge in [-0.25, -0.2) is 4.79 Å². The van der Waals surface area contributed by atoms with E-state index >= 15 is 0 Å². The summed E-state index contributed by atoms with van der Waals surface area (Å²) in [5.41, 5.74) is -0.383. The fourth-order valence-corrected chi connectivity index (χ4v) is 6.54. The van der Waals surface area contributed by atoms with E-state index in [1.807, 2.05) is 9.80 Å². The van der Waals surface area contributed by atoms with Gasteiger partial charge in [-0.3, -0.25) is 4.79 Å². The second-order valence-electron chi connectivity index (χ2n) is 10.5. The fourth-order valence-electron chi connectivity index (χ4n) is 6.54. The predicted molar refractivity (Wildman–Crippen MR) is 115 cm³/mol. The van der Waals surface area contributed by atoms with Gasteiger partial charge in [-0.15, -0.1) is 0 Å². The number of rotatable bonds is 5. The average Bonchev–Trinajstić information content (AvgIpc) is 3.48. The van der Waals surface area contributed by atoms with Crippen molar-refractivity contribution < 1.29 is 14.3 Å². The Balaban J connectivity index is 1.10. The molecule has 3 atom stereocenters. The maximum Gasteiger partial charge on any atom is 0.410 e. The largest absolute Gasteiger partial charge is 0.441 e. The molecule has 30 heavy (non-hydrogen) atoms. The fraction of sp³-hybridized carbons (Fsp3) is 0.833. The number of nitrogens with zero attached hydrogens (tertiary/aromatic N) is 3. The molecule has 3 unspecified atom stereocenters. The van der Waals surface area contributed by atoms with Gasteiger partial charge in [0.15, 0.2) is 0 Å². The van der Waals surface area contributed by atoms with E-state index in [-0.39, 0.29) is 17.6 Å². The standard InChI is InChI=1S/C24H37N3O3/c1-25(20-5-3-2-4-6-20)13-14-27-17-24(30-23(27)29)9-11-26(12-10-24)22(28)21-16-18-7-8-19(21)15-18/h7-8,18-21H,2-6,9-17H2,1H3. The molecule has 0 radical (unpaired) electrons. The summed E-state index contributed by atoms with van der Waals surface area (Å²) in [6, 6.07) is 0.668. The maximum atomic E-state index is 13.0. The van der Waals surface area contributed by atoms with E-state index < -0.39 is 0 Å². The lowest BCUT2D eigenvalue weighted by atomic mass is 9.88. The lowest BCUT2D eigenvalue weighted by molar-refractivity contribution is -0.139. The highest BCUT2D eigenvalue weighted by Gasteiger charge is 2.49. The van der Waals surface area contributed by atoms with Crippen LogP contribution in [0.2, 0.25) is 0 Å². The Labute approximate surface area is 180 Å². The Morgan fingerprint density at radius 1 is 1.17 bits per heavy atom. The first kappa shape index (κ1) is 20.3. The van der Waals surface area contributed by atoms with Crippen molar-refractivity contribution in [1.82, 2.24) is 14.7 Å². The predicted octanol–water partition coefficient (Wildman–Crippen LogP) is 3.28. The highest BCUT2D eigenvalue weighted by molar-refractivity contribution is 5.80. The number of hydrogen-bond acceptors (Lipinski definition) is 4. The van der Waals surface area contributed by atoms with E-state index in [0.717, 1.165) is 51.9 Å². The van der Waals surface area contributed by atoms with Crippen LogP contribution in [-0.2, 0) is 9.53 Å². The molecule has 0 aromatic rings. The van der Waals surface area contributed by atoms with Crippen molar-refractivity contribution in [1.29, 1.82) is 0 Å². The van der Waals surface area contributed by atoms with E-state index in [4.69, 9.17) is 4.74 Å². The van der Waals surface area contributed by atoms with E-state index in [1.165, 1.54) is 32.1 Å². The van der Waals surface area contributed by atoms with E-state index in [0.29, 0.717) is 30.3 Å². The minimum Gasteiger partial charge on any atom is -0.441 e. The molecule has 166 valence electrons. The molecular formula is C24H37N3O3. The van der Waals surface area contributed by atoms with Gasteiger partial charge in [0.25, 0.3) is 0 Å². The quantitative estimate of drug-likeness (QED) is 0.647. The molecule has 0 aromatic carbocycles. The number of hydrogen-bond donors (Lipinski definition) is 0. The molecular weight excluding hydrogens is 378 g/mol. The number of carbonyl (C=O) groups excluding carboxylic acids is 2. The molecule has 2 saturated heterocycles.